The van der Waals surface area contributed by atoms with Gasteiger partial charge in [0.15, 0.2) is 0 Å². The third-order valence-corrected chi connectivity index (χ3v) is 11.0. The van der Waals surface area contributed by atoms with Gasteiger partial charge in [-0.25, -0.2) is 8.42 Å². The molecule has 2 aromatic carbocycles. The van der Waals surface area contributed by atoms with Crippen LogP contribution in [0.5, 0.6) is 0 Å². The van der Waals surface area contributed by atoms with Crippen LogP contribution in [-0.2, 0) is 32.7 Å². The zero-order valence-electron chi connectivity index (χ0n) is 25.4. The number of piperidine rings is 1. The van der Waals surface area contributed by atoms with Crippen LogP contribution in [0.15, 0.2) is 71.2 Å². The van der Waals surface area contributed by atoms with Crippen molar-refractivity contribution >= 4 is 38.7 Å². The van der Waals surface area contributed by atoms with Crippen molar-refractivity contribution in [2.75, 3.05) is 19.7 Å². The van der Waals surface area contributed by atoms with Gasteiger partial charge in [-0.2, -0.15) is 4.31 Å². The van der Waals surface area contributed by atoms with E-state index in [2.05, 4.69) is 5.32 Å². The molecule has 3 heterocycles. The maximum Gasteiger partial charge on any atom is 0.253 e. The van der Waals surface area contributed by atoms with Crippen molar-refractivity contribution in [2.24, 2.45) is 10.9 Å². The normalized spacial score (nSPS) is 20.9. The number of hydrogen-bond donors (Lipinski definition) is 3. The van der Waals surface area contributed by atoms with Gasteiger partial charge in [0.05, 0.1) is 25.9 Å². The summed E-state index contributed by atoms with van der Waals surface area (Å²) in [4.78, 5) is 17.8. The fraction of sp³-hybridized carbons (Fsp3) is 0.471. The van der Waals surface area contributed by atoms with Crippen molar-refractivity contribution in [3.8, 4) is 0 Å². The zero-order valence-corrected chi connectivity index (χ0v) is 26.2. The number of carbonyl (C=O) groups excluding carboxylic acids is 1. The predicted octanol–water partition coefficient (Wildman–Crippen LogP) is 3.82. The summed E-state index contributed by atoms with van der Waals surface area (Å²) in [7, 11) is -3.72. The first-order valence-electron chi connectivity index (χ1n) is 15.9. The molecule has 11 heteroatoms. The molecule has 1 aliphatic carbocycles. The molecule has 1 spiro atoms. The lowest BCUT2D eigenvalue weighted by atomic mass is 9.88. The Balaban J connectivity index is 1.06. The number of amidine groups is 1. The van der Waals surface area contributed by atoms with Gasteiger partial charge >= 0.3 is 0 Å². The number of aromatic nitrogens is 1. The van der Waals surface area contributed by atoms with Gasteiger partial charge in [0.1, 0.15) is 17.5 Å². The second-order valence-electron chi connectivity index (χ2n) is 12.4. The molecule has 10 nitrogen and oxygen atoms in total. The van der Waals surface area contributed by atoms with E-state index in [0.717, 1.165) is 53.5 Å². The predicted molar refractivity (Wildman–Crippen MR) is 174 cm³/mol. The average molecular weight is 635 g/mol. The van der Waals surface area contributed by atoms with E-state index in [0.29, 0.717) is 25.4 Å². The fourth-order valence-corrected chi connectivity index (χ4v) is 7.85. The number of fused-ring (bicyclic) bond motifs is 1. The summed E-state index contributed by atoms with van der Waals surface area (Å²) in [5.41, 5.74) is 1.66. The Hall–Kier alpha value is -3.35. The van der Waals surface area contributed by atoms with Crippen LogP contribution in [0.1, 0.15) is 56.1 Å². The number of carbonyl (C=O) groups is 1. The van der Waals surface area contributed by atoms with Crippen LogP contribution in [0.3, 0.4) is 0 Å². The number of aliphatic hydroxyl groups excluding tert-OH is 2. The molecule has 2 aliphatic heterocycles. The van der Waals surface area contributed by atoms with E-state index in [-0.39, 0.29) is 32.1 Å². The molecule has 0 bridgehead atoms. The molecule has 3 aromatic rings. The van der Waals surface area contributed by atoms with E-state index in [4.69, 9.17) is 9.73 Å². The van der Waals surface area contributed by atoms with Gasteiger partial charge < -0.3 is 24.8 Å². The van der Waals surface area contributed by atoms with Gasteiger partial charge in [-0.15, -0.1) is 0 Å². The minimum Gasteiger partial charge on any atom is -0.388 e. The molecule has 0 radical (unpaired) electrons. The molecular formula is C34H42N4O6S. The number of benzene rings is 2. The second-order valence-corrected chi connectivity index (χ2v) is 14.3. The fourth-order valence-electron chi connectivity index (χ4n) is 6.66. The summed E-state index contributed by atoms with van der Waals surface area (Å²) in [5, 5.41) is 26.2. The molecule has 1 aromatic heterocycles. The van der Waals surface area contributed by atoms with Crippen LogP contribution >= 0.6 is 0 Å². The molecule has 3 N–H and O–H groups in total. The lowest BCUT2D eigenvalue weighted by Gasteiger charge is -2.34. The van der Waals surface area contributed by atoms with Crippen molar-refractivity contribution in [3.63, 3.8) is 0 Å². The van der Waals surface area contributed by atoms with E-state index < -0.39 is 27.8 Å². The monoisotopic (exact) mass is 634 g/mol. The van der Waals surface area contributed by atoms with Crippen molar-refractivity contribution < 1.29 is 28.2 Å². The molecule has 6 rings (SSSR count). The van der Waals surface area contributed by atoms with Gasteiger partial charge in [0.2, 0.25) is 10.0 Å². The van der Waals surface area contributed by atoms with Crippen LogP contribution in [-0.4, -0.2) is 76.7 Å². The number of aliphatic hydroxyl groups is 2. The molecular weight excluding hydrogens is 592 g/mol. The summed E-state index contributed by atoms with van der Waals surface area (Å²) in [6.07, 6.45) is 7.64. The number of nitrogens with zero attached hydrogens (tertiary/aromatic N) is 3. The highest BCUT2D eigenvalue weighted by atomic mass is 32.2. The van der Waals surface area contributed by atoms with Crippen LogP contribution in [0.2, 0.25) is 0 Å². The second kappa shape index (κ2) is 13.6. The minimum absolute atomic E-state index is 0.00255. The molecule has 2 atom stereocenters. The van der Waals surface area contributed by atoms with E-state index in [1.165, 1.54) is 16.1 Å². The number of nitrogens with one attached hydrogen (secondary N) is 1. The van der Waals surface area contributed by atoms with Gasteiger partial charge in [0.25, 0.3) is 5.91 Å². The SMILES string of the molecule is O=C1NC(C2CCCCC2)=NC12CCN(S(=O)(=O)/C=C/c1cccc3c1ccn3C[C@H](O)[C@@H](O)COCc1ccccc1)CC2. The summed E-state index contributed by atoms with van der Waals surface area (Å²) in [5.74, 6) is 1.01. The van der Waals surface area contributed by atoms with Gasteiger partial charge in [-0.3, -0.25) is 9.79 Å². The zero-order chi connectivity index (χ0) is 31.4. The first-order chi connectivity index (χ1) is 21.7. The summed E-state index contributed by atoms with van der Waals surface area (Å²) in [6, 6.07) is 17.1. The van der Waals surface area contributed by atoms with Crippen LogP contribution in [0, 0.1) is 5.92 Å². The first-order valence-corrected chi connectivity index (χ1v) is 17.4. The molecule has 240 valence electrons. The lowest BCUT2D eigenvalue weighted by molar-refractivity contribution is -0.125. The molecule has 3 aliphatic rings. The Morgan fingerprint density at radius 1 is 1.00 bits per heavy atom. The van der Waals surface area contributed by atoms with E-state index >= 15 is 0 Å². The van der Waals surface area contributed by atoms with Crippen LogP contribution in [0.4, 0.5) is 0 Å². The van der Waals surface area contributed by atoms with Crippen LogP contribution in [0.25, 0.3) is 17.0 Å². The molecule has 1 saturated heterocycles. The highest BCUT2D eigenvalue weighted by Crippen LogP contribution is 2.35. The van der Waals surface area contributed by atoms with Crippen LogP contribution < -0.4 is 5.32 Å². The Morgan fingerprint density at radius 3 is 2.51 bits per heavy atom. The van der Waals surface area contributed by atoms with Crippen molar-refractivity contribution in [1.29, 1.82) is 0 Å². The maximum atomic E-state index is 13.3. The summed E-state index contributed by atoms with van der Waals surface area (Å²) >= 11 is 0. The first kappa shape index (κ1) is 31.6. The molecule has 1 saturated carbocycles. The van der Waals surface area contributed by atoms with E-state index in [9.17, 15) is 23.4 Å². The lowest BCUT2D eigenvalue weighted by Crippen LogP contribution is -2.50. The Labute approximate surface area is 264 Å². The van der Waals surface area contributed by atoms with Crippen molar-refractivity contribution in [3.05, 3.63) is 77.3 Å². The Kier molecular flexibility index (Phi) is 9.53. The van der Waals surface area contributed by atoms with Crippen molar-refractivity contribution in [1.82, 2.24) is 14.2 Å². The summed E-state index contributed by atoms with van der Waals surface area (Å²) in [6.45, 7) is 0.962. The standard InChI is InChI=1S/C34H42N4O6S/c39-30(31(40)24-44-23-25-8-3-1-4-9-25)22-37-18-14-28-26(12-7-13-29(28)37)15-21-45(42,43)38-19-16-34(17-20-38)33(41)35-32(36-34)27-10-5-2-6-11-27/h1,3-4,7-9,12-15,18,21,27,30-31,39-40H,2,5-6,10-11,16-17,19-20,22-24H2,(H,35,36,41)/b21-15+/t30-,31-/m0/s1. The Bertz CT molecular complexity index is 1650. The number of aliphatic imine (C=N–C) groups is 1. The molecule has 45 heavy (non-hydrogen) atoms. The Morgan fingerprint density at radius 2 is 1.76 bits per heavy atom. The molecule has 1 amide bonds. The largest absolute Gasteiger partial charge is 0.388 e. The van der Waals surface area contributed by atoms with Gasteiger partial charge in [-0.1, -0.05) is 61.7 Å². The average Bonchev–Trinajstić information content (AvgIpc) is 3.61. The number of hydrogen-bond acceptors (Lipinski definition) is 7. The minimum atomic E-state index is -3.72. The van der Waals surface area contributed by atoms with E-state index in [1.54, 1.807) is 6.08 Å². The number of rotatable bonds is 11. The van der Waals surface area contributed by atoms with E-state index in [1.807, 2.05) is 65.4 Å². The van der Waals surface area contributed by atoms with Gasteiger partial charge in [-0.05, 0) is 55.0 Å². The number of sulfonamides is 1. The third kappa shape index (κ3) is 7.07. The topological polar surface area (TPSA) is 133 Å². The third-order valence-electron chi connectivity index (χ3n) is 9.40. The molecule has 2 fully saturated rings. The highest BCUT2D eigenvalue weighted by molar-refractivity contribution is 7.92. The highest BCUT2D eigenvalue weighted by Gasteiger charge is 2.48. The van der Waals surface area contributed by atoms with Gasteiger partial charge in [0, 0.05) is 41.5 Å². The quantitative estimate of drug-likeness (QED) is 0.294. The number of amides is 1. The molecule has 0 unspecified atom stereocenters. The smallest absolute Gasteiger partial charge is 0.253 e. The number of ether oxygens (including phenoxy) is 1. The maximum absolute atomic E-state index is 13.3. The van der Waals surface area contributed by atoms with Crippen molar-refractivity contribution in [2.45, 2.75) is 75.8 Å². The summed E-state index contributed by atoms with van der Waals surface area (Å²) < 4.78 is 35.5.